The number of rotatable bonds is 8. The Morgan fingerprint density at radius 3 is 2.07 bits per heavy atom. The molecule has 0 bridgehead atoms. The summed E-state index contributed by atoms with van der Waals surface area (Å²) in [5, 5.41) is 12.6. The monoisotopic (exact) mass is 359 g/mol. The Kier molecular flexibility index (Phi) is 6.00. The maximum atomic E-state index is 13.0. The van der Waals surface area contributed by atoms with Crippen LogP contribution in [-0.2, 0) is 6.42 Å². The van der Waals surface area contributed by atoms with Crippen LogP contribution in [0.2, 0.25) is 0 Å². The molecule has 2 N–H and O–H groups in total. The third kappa shape index (κ3) is 4.82. The van der Waals surface area contributed by atoms with Crippen molar-refractivity contribution >= 4 is 17.4 Å². The summed E-state index contributed by atoms with van der Waals surface area (Å²) in [7, 11) is 0. The lowest BCUT2D eigenvalue weighted by Gasteiger charge is -2.20. The summed E-state index contributed by atoms with van der Waals surface area (Å²) in [5.41, 5.74) is 2.35. The molecule has 3 rings (SSSR count). The highest BCUT2D eigenvalue weighted by atomic mass is 16.4. The SMILES string of the molecule is O=C(O)c1ccccc1NC(CCc1ccccc1)C(=O)c1ccccc1. The number of para-hydroxylation sites is 1. The van der Waals surface area contributed by atoms with Gasteiger partial charge in [-0.05, 0) is 30.5 Å². The minimum atomic E-state index is -1.02. The molecule has 1 unspecified atom stereocenters. The smallest absolute Gasteiger partial charge is 0.337 e. The van der Waals surface area contributed by atoms with Crippen LogP contribution in [0.5, 0.6) is 0 Å². The summed E-state index contributed by atoms with van der Waals surface area (Å²) in [5.74, 6) is -1.07. The molecular formula is C23H21NO3. The van der Waals surface area contributed by atoms with E-state index in [2.05, 4.69) is 5.32 Å². The minimum absolute atomic E-state index is 0.0493. The van der Waals surface area contributed by atoms with E-state index in [0.29, 0.717) is 24.1 Å². The van der Waals surface area contributed by atoms with Crippen molar-refractivity contribution in [1.82, 2.24) is 0 Å². The Morgan fingerprint density at radius 2 is 1.41 bits per heavy atom. The van der Waals surface area contributed by atoms with E-state index < -0.39 is 12.0 Å². The van der Waals surface area contributed by atoms with Crippen LogP contribution in [0.3, 0.4) is 0 Å². The molecule has 0 fully saturated rings. The minimum Gasteiger partial charge on any atom is -0.478 e. The summed E-state index contributed by atoms with van der Waals surface area (Å²) in [6.45, 7) is 0. The van der Waals surface area contributed by atoms with E-state index in [0.717, 1.165) is 5.56 Å². The molecule has 0 heterocycles. The predicted molar refractivity (Wildman–Crippen MR) is 106 cm³/mol. The molecule has 0 amide bonds. The van der Waals surface area contributed by atoms with E-state index in [1.54, 1.807) is 30.3 Å². The number of benzene rings is 3. The number of carbonyl (C=O) groups is 2. The zero-order chi connectivity index (χ0) is 19.1. The first-order valence-electron chi connectivity index (χ1n) is 8.87. The number of ketones is 1. The van der Waals surface area contributed by atoms with Crippen LogP contribution in [0.4, 0.5) is 5.69 Å². The van der Waals surface area contributed by atoms with Gasteiger partial charge in [-0.15, -0.1) is 0 Å². The number of anilines is 1. The molecule has 0 aliphatic carbocycles. The largest absolute Gasteiger partial charge is 0.478 e. The van der Waals surface area contributed by atoms with Crippen LogP contribution in [0.1, 0.15) is 32.7 Å². The van der Waals surface area contributed by atoms with Crippen molar-refractivity contribution in [1.29, 1.82) is 0 Å². The molecule has 0 saturated heterocycles. The average molecular weight is 359 g/mol. The van der Waals surface area contributed by atoms with Gasteiger partial charge in [-0.3, -0.25) is 4.79 Å². The molecule has 3 aromatic rings. The highest BCUT2D eigenvalue weighted by Crippen LogP contribution is 2.20. The van der Waals surface area contributed by atoms with Gasteiger partial charge in [-0.25, -0.2) is 4.79 Å². The number of carbonyl (C=O) groups excluding carboxylic acids is 1. The number of hydrogen-bond acceptors (Lipinski definition) is 3. The molecule has 0 spiro atoms. The maximum absolute atomic E-state index is 13.0. The normalized spacial score (nSPS) is 11.6. The van der Waals surface area contributed by atoms with Gasteiger partial charge in [-0.1, -0.05) is 72.8 Å². The van der Waals surface area contributed by atoms with Gasteiger partial charge in [0.05, 0.1) is 11.6 Å². The van der Waals surface area contributed by atoms with Crippen LogP contribution < -0.4 is 5.32 Å². The molecule has 4 heteroatoms. The van der Waals surface area contributed by atoms with Gasteiger partial charge in [0, 0.05) is 11.3 Å². The summed E-state index contributed by atoms with van der Waals surface area (Å²) >= 11 is 0. The van der Waals surface area contributed by atoms with Gasteiger partial charge >= 0.3 is 5.97 Å². The lowest BCUT2D eigenvalue weighted by atomic mass is 9.97. The molecule has 4 nitrogen and oxygen atoms in total. The fourth-order valence-electron chi connectivity index (χ4n) is 3.01. The van der Waals surface area contributed by atoms with E-state index in [1.165, 1.54) is 6.07 Å². The van der Waals surface area contributed by atoms with Gasteiger partial charge in [-0.2, -0.15) is 0 Å². The quantitative estimate of drug-likeness (QED) is 0.573. The Morgan fingerprint density at radius 1 is 0.815 bits per heavy atom. The molecule has 0 aliphatic rings. The van der Waals surface area contributed by atoms with Gasteiger partial charge in [0.1, 0.15) is 0 Å². The maximum Gasteiger partial charge on any atom is 0.337 e. The van der Waals surface area contributed by atoms with Crippen LogP contribution in [0.15, 0.2) is 84.9 Å². The van der Waals surface area contributed by atoms with Crippen molar-refractivity contribution in [2.24, 2.45) is 0 Å². The second-order valence-corrected chi connectivity index (χ2v) is 6.30. The van der Waals surface area contributed by atoms with Crippen LogP contribution >= 0.6 is 0 Å². The molecule has 0 saturated carbocycles. The first kappa shape index (κ1) is 18.4. The molecule has 0 aromatic heterocycles. The molecule has 3 aromatic carbocycles. The van der Waals surface area contributed by atoms with E-state index in [4.69, 9.17) is 0 Å². The predicted octanol–water partition coefficient (Wildman–Crippen LogP) is 4.68. The molecular weight excluding hydrogens is 338 g/mol. The van der Waals surface area contributed by atoms with Crippen molar-refractivity contribution in [2.75, 3.05) is 5.32 Å². The van der Waals surface area contributed by atoms with Gasteiger partial charge in [0.2, 0.25) is 0 Å². The fourth-order valence-corrected chi connectivity index (χ4v) is 3.01. The average Bonchev–Trinajstić information content (AvgIpc) is 2.72. The Balaban J connectivity index is 1.85. The molecule has 27 heavy (non-hydrogen) atoms. The number of carboxylic acids is 1. The second-order valence-electron chi connectivity index (χ2n) is 6.30. The molecule has 0 aliphatic heterocycles. The third-order valence-electron chi connectivity index (χ3n) is 4.43. The number of aryl methyl sites for hydroxylation is 1. The summed E-state index contributed by atoms with van der Waals surface area (Å²) in [6.07, 6.45) is 1.28. The van der Waals surface area contributed by atoms with E-state index in [9.17, 15) is 14.7 Å². The van der Waals surface area contributed by atoms with Crippen molar-refractivity contribution in [3.8, 4) is 0 Å². The van der Waals surface area contributed by atoms with Crippen molar-refractivity contribution < 1.29 is 14.7 Å². The van der Waals surface area contributed by atoms with E-state index >= 15 is 0 Å². The van der Waals surface area contributed by atoms with Crippen LogP contribution in [-0.4, -0.2) is 22.9 Å². The lowest BCUT2D eigenvalue weighted by molar-refractivity contribution is 0.0697. The molecule has 1 atom stereocenters. The van der Waals surface area contributed by atoms with Gasteiger partial charge in [0.25, 0.3) is 0 Å². The topological polar surface area (TPSA) is 66.4 Å². The number of Topliss-reactive ketones (excluding diaryl/α,β-unsaturated/α-hetero) is 1. The number of aromatic carboxylic acids is 1. The molecule has 0 radical (unpaired) electrons. The standard InChI is InChI=1S/C23H21NO3/c25-22(18-11-5-2-6-12-18)21(16-15-17-9-3-1-4-10-17)24-20-14-8-7-13-19(20)23(26)27/h1-14,21,24H,15-16H2,(H,26,27). The highest BCUT2D eigenvalue weighted by Gasteiger charge is 2.22. The van der Waals surface area contributed by atoms with Crippen molar-refractivity contribution in [2.45, 2.75) is 18.9 Å². The Hall–Kier alpha value is -3.40. The number of carboxylic acid groups (broad SMARTS) is 1. The van der Waals surface area contributed by atoms with E-state index in [-0.39, 0.29) is 11.3 Å². The lowest BCUT2D eigenvalue weighted by Crippen LogP contribution is -2.31. The molecule has 136 valence electrons. The summed E-state index contributed by atoms with van der Waals surface area (Å²) in [4.78, 5) is 24.5. The van der Waals surface area contributed by atoms with Crippen molar-refractivity contribution in [3.05, 3.63) is 102 Å². The van der Waals surface area contributed by atoms with E-state index in [1.807, 2.05) is 48.5 Å². The number of hydrogen-bond donors (Lipinski definition) is 2. The number of nitrogens with one attached hydrogen (secondary N) is 1. The van der Waals surface area contributed by atoms with Gasteiger partial charge in [0.15, 0.2) is 5.78 Å². The second kappa shape index (κ2) is 8.81. The first-order chi connectivity index (χ1) is 13.1. The summed E-state index contributed by atoms with van der Waals surface area (Å²) < 4.78 is 0. The van der Waals surface area contributed by atoms with Crippen LogP contribution in [0, 0.1) is 0 Å². The van der Waals surface area contributed by atoms with Crippen LogP contribution in [0.25, 0.3) is 0 Å². The van der Waals surface area contributed by atoms with Crippen molar-refractivity contribution in [3.63, 3.8) is 0 Å². The zero-order valence-corrected chi connectivity index (χ0v) is 14.8. The third-order valence-corrected chi connectivity index (χ3v) is 4.43. The summed E-state index contributed by atoms with van der Waals surface area (Å²) in [6, 6.07) is 25.2. The highest BCUT2D eigenvalue weighted by molar-refractivity contribution is 6.02. The van der Waals surface area contributed by atoms with Gasteiger partial charge < -0.3 is 10.4 Å². The first-order valence-corrected chi connectivity index (χ1v) is 8.87. The Bertz CT molecular complexity index is 907. The fraction of sp³-hybridized carbons (Fsp3) is 0.130. The Labute approximate surface area is 158 Å². The zero-order valence-electron chi connectivity index (χ0n) is 14.8.